The lowest BCUT2D eigenvalue weighted by molar-refractivity contribution is 1.07. The number of benzene rings is 1. The summed E-state index contributed by atoms with van der Waals surface area (Å²) in [7, 11) is 2.04. The largest absolute Gasteiger partial charge is 0.329 e. The van der Waals surface area contributed by atoms with E-state index in [1.807, 2.05) is 13.2 Å². The predicted octanol–water partition coefficient (Wildman–Crippen LogP) is 3.52. The van der Waals surface area contributed by atoms with E-state index in [0.29, 0.717) is 6.54 Å². The number of aromatic nitrogens is 1. The van der Waals surface area contributed by atoms with Gasteiger partial charge in [-0.1, -0.05) is 12.1 Å². The maximum Gasteiger partial charge on any atom is 0.141 e. The summed E-state index contributed by atoms with van der Waals surface area (Å²) >= 11 is 1.74. The van der Waals surface area contributed by atoms with E-state index in [2.05, 4.69) is 51.7 Å². The van der Waals surface area contributed by atoms with Gasteiger partial charge in [-0.25, -0.2) is 4.98 Å². The molecule has 0 aliphatic heterocycles. The van der Waals surface area contributed by atoms with E-state index in [4.69, 9.17) is 5.73 Å². The number of rotatable bonds is 3. The molecule has 3 rings (SSSR count). The Morgan fingerprint density at radius 3 is 2.68 bits per heavy atom. The molecule has 0 fully saturated rings. The first-order valence-electron chi connectivity index (χ1n) is 6.14. The fourth-order valence-electron chi connectivity index (χ4n) is 2.13. The zero-order valence-electron chi connectivity index (χ0n) is 10.7. The summed E-state index contributed by atoms with van der Waals surface area (Å²) in [6.07, 6.45) is 1.86. The fourth-order valence-corrected chi connectivity index (χ4v) is 2.90. The van der Waals surface area contributed by atoms with Gasteiger partial charge in [-0.2, -0.15) is 0 Å². The van der Waals surface area contributed by atoms with Crippen LogP contribution in [0.15, 0.2) is 48.0 Å². The fraction of sp³-hybridized carbons (Fsp3) is 0.133. The molecule has 0 amide bonds. The van der Waals surface area contributed by atoms with Gasteiger partial charge in [-0.3, -0.25) is 0 Å². The van der Waals surface area contributed by atoms with Crippen molar-refractivity contribution < 1.29 is 0 Å². The molecule has 0 bridgehead atoms. The van der Waals surface area contributed by atoms with Crippen LogP contribution in [0.5, 0.6) is 0 Å². The van der Waals surface area contributed by atoms with Crippen molar-refractivity contribution in [3.8, 4) is 0 Å². The van der Waals surface area contributed by atoms with Crippen molar-refractivity contribution in [1.82, 2.24) is 4.98 Å². The molecule has 0 atom stereocenters. The van der Waals surface area contributed by atoms with Gasteiger partial charge in [-0.05, 0) is 35.2 Å². The van der Waals surface area contributed by atoms with Gasteiger partial charge in [0.05, 0.1) is 0 Å². The standard InChI is InChI=1S/C15H15N3S/c1-18(12-4-2-11(10-16)3-5-12)15-13-7-9-19-14(13)6-8-17-15/h2-9H,10,16H2,1H3. The molecule has 96 valence electrons. The highest BCUT2D eigenvalue weighted by Gasteiger charge is 2.10. The molecule has 0 saturated carbocycles. The molecule has 2 heterocycles. The number of anilines is 2. The van der Waals surface area contributed by atoms with Gasteiger partial charge < -0.3 is 10.6 Å². The molecule has 2 N–H and O–H groups in total. The smallest absolute Gasteiger partial charge is 0.141 e. The van der Waals surface area contributed by atoms with Crippen LogP contribution in [0.4, 0.5) is 11.5 Å². The van der Waals surface area contributed by atoms with Crippen LogP contribution < -0.4 is 10.6 Å². The Morgan fingerprint density at radius 1 is 1.16 bits per heavy atom. The Labute approximate surface area is 116 Å². The Balaban J connectivity index is 2.02. The minimum Gasteiger partial charge on any atom is -0.329 e. The Hall–Kier alpha value is -1.91. The second-order valence-corrected chi connectivity index (χ2v) is 5.34. The van der Waals surface area contributed by atoms with Crippen LogP contribution in [-0.4, -0.2) is 12.0 Å². The first kappa shape index (κ1) is 12.1. The van der Waals surface area contributed by atoms with Gasteiger partial charge in [-0.15, -0.1) is 11.3 Å². The van der Waals surface area contributed by atoms with E-state index in [-0.39, 0.29) is 0 Å². The maximum atomic E-state index is 5.62. The number of nitrogens with zero attached hydrogens (tertiary/aromatic N) is 2. The Bertz CT molecular complexity index is 688. The Morgan fingerprint density at radius 2 is 1.95 bits per heavy atom. The van der Waals surface area contributed by atoms with Crippen molar-refractivity contribution in [3.05, 3.63) is 53.5 Å². The van der Waals surface area contributed by atoms with Crippen LogP contribution in [0.2, 0.25) is 0 Å². The molecule has 19 heavy (non-hydrogen) atoms. The van der Waals surface area contributed by atoms with Gasteiger partial charge in [0.25, 0.3) is 0 Å². The molecular weight excluding hydrogens is 254 g/mol. The number of hydrogen-bond donors (Lipinski definition) is 1. The Kier molecular flexibility index (Phi) is 3.19. The first-order chi connectivity index (χ1) is 9.29. The molecule has 0 aliphatic carbocycles. The van der Waals surface area contributed by atoms with Gasteiger partial charge >= 0.3 is 0 Å². The molecule has 4 heteroatoms. The predicted molar refractivity (Wildman–Crippen MR) is 82.0 cm³/mol. The molecule has 1 aromatic carbocycles. The second-order valence-electron chi connectivity index (χ2n) is 4.40. The van der Waals surface area contributed by atoms with Gasteiger partial charge in [0.1, 0.15) is 5.82 Å². The molecule has 0 unspecified atom stereocenters. The van der Waals surface area contributed by atoms with Crippen molar-refractivity contribution in [2.24, 2.45) is 5.73 Å². The molecule has 3 aromatic rings. The van der Waals surface area contributed by atoms with Crippen LogP contribution >= 0.6 is 11.3 Å². The molecule has 0 saturated heterocycles. The van der Waals surface area contributed by atoms with E-state index < -0.39 is 0 Å². The van der Waals surface area contributed by atoms with Gasteiger partial charge in [0.15, 0.2) is 0 Å². The molecule has 3 nitrogen and oxygen atoms in total. The third kappa shape index (κ3) is 2.20. The number of fused-ring (bicyclic) bond motifs is 1. The number of hydrogen-bond acceptors (Lipinski definition) is 4. The topological polar surface area (TPSA) is 42.1 Å². The minimum atomic E-state index is 0.572. The van der Waals surface area contributed by atoms with Crippen molar-refractivity contribution in [2.45, 2.75) is 6.54 Å². The van der Waals surface area contributed by atoms with Crippen LogP contribution in [0, 0.1) is 0 Å². The SMILES string of the molecule is CN(c1ccc(CN)cc1)c1nccc2sccc12. The lowest BCUT2D eigenvalue weighted by Crippen LogP contribution is -2.11. The van der Waals surface area contributed by atoms with Crippen LogP contribution in [-0.2, 0) is 6.54 Å². The highest BCUT2D eigenvalue weighted by Crippen LogP contribution is 2.31. The van der Waals surface area contributed by atoms with Crippen molar-refractivity contribution in [2.75, 3.05) is 11.9 Å². The van der Waals surface area contributed by atoms with E-state index in [1.54, 1.807) is 11.3 Å². The summed E-state index contributed by atoms with van der Waals surface area (Å²) in [6.45, 7) is 0.572. The number of pyridine rings is 1. The lowest BCUT2D eigenvalue weighted by Gasteiger charge is -2.19. The second kappa shape index (κ2) is 4.99. The van der Waals surface area contributed by atoms with E-state index >= 15 is 0 Å². The zero-order valence-corrected chi connectivity index (χ0v) is 11.5. The minimum absolute atomic E-state index is 0.572. The molecule has 2 aromatic heterocycles. The zero-order chi connectivity index (χ0) is 13.2. The molecule has 0 spiro atoms. The molecule has 0 radical (unpaired) electrons. The summed E-state index contributed by atoms with van der Waals surface area (Å²) in [5.74, 6) is 0.985. The van der Waals surface area contributed by atoms with Crippen molar-refractivity contribution >= 4 is 32.9 Å². The maximum absolute atomic E-state index is 5.62. The quantitative estimate of drug-likeness (QED) is 0.791. The van der Waals surface area contributed by atoms with Crippen LogP contribution in [0.3, 0.4) is 0 Å². The van der Waals surface area contributed by atoms with Gasteiger partial charge in [0.2, 0.25) is 0 Å². The first-order valence-corrected chi connectivity index (χ1v) is 7.02. The van der Waals surface area contributed by atoms with Crippen molar-refractivity contribution in [1.29, 1.82) is 0 Å². The normalized spacial score (nSPS) is 10.8. The van der Waals surface area contributed by atoms with Gasteiger partial charge in [0, 0.05) is 35.6 Å². The highest BCUT2D eigenvalue weighted by molar-refractivity contribution is 7.17. The number of nitrogens with two attached hydrogens (primary N) is 1. The van der Waals surface area contributed by atoms with Crippen LogP contribution in [0.25, 0.3) is 10.1 Å². The summed E-state index contributed by atoms with van der Waals surface area (Å²) in [6, 6.07) is 12.4. The summed E-state index contributed by atoms with van der Waals surface area (Å²) in [5.41, 5.74) is 7.88. The monoisotopic (exact) mass is 269 g/mol. The average molecular weight is 269 g/mol. The summed E-state index contributed by atoms with van der Waals surface area (Å²) in [5, 5.41) is 3.29. The molecular formula is C15H15N3S. The van der Waals surface area contributed by atoms with Crippen LogP contribution in [0.1, 0.15) is 5.56 Å². The van der Waals surface area contributed by atoms with E-state index in [9.17, 15) is 0 Å². The van der Waals surface area contributed by atoms with Crippen molar-refractivity contribution in [3.63, 3.8) is 0 Å². The highest BCUT2D eigenvalue weighted by atomic mass is 32.1. The number of thiophene rings is 1. The third-order valence-electron chi connectivity index (χ3n) is 3.24. The third-order valence-corrected chi connectivity index (χ3v) is 4.12. The summed E-state index contributed by atoms with van der Waals surface area (Å²) in [4.78, 5) is 6.61. The van der Waals surface area contributed by atoms with E-state index in [0.717, 1.165) is 17.1 Å². The average Bonchev–Trinajstić information content (AvgIpc) is 2.95. The van der Waals surface area contributed by atoms with E-state index in [1.165, 1.54) is 10.1 Å². The summed E-state index contributed by atoms with van der Waals surface area (Å²) < 4.78 is 1.26. The lowest BCUT2D eigenvalue weighted by atomic mass is 10.2. The molecule has 0 aliphatic rings.